The van der Waals surface area contributed by atoms with Gasteiger partial charge in [-0.3, -0.25) is 4.31 Å². The summed E-state index contributed by atoms with van der Waals surface area (Å²) in [5.41, 5.74) is 2.74. The molecule has 40 heavy (non-hydrogen) atoms. The van der Waals surface area contributed by atoms with Crippen LogP contribution in [0.3, 0.4) is 0 Å². The largest absolute Gasteiger partial charge is 0.497 e. The quantitative estimate of drug-likeness (QED) is 0.287. The Kier molecular flexibility index (Phi) is 9.24. The molecule has 1 aliphatic heterocycles. The van der Waals surface area contributed by atoms with Gasteiger partial charge < -0.3 is 19.5 Å². The van der Waals surface area contributed by atoms with E-state index in [9.17, 15) is 8.42 Å². The van der Waals surface area contributed by atoms with Crippen molar-refractivity contribution < 1.29 is 27.0 Å². The highest BCUT2D eigenvalue weighted by atomic mass is 32.2. The summed E-state index contributed by atoms with van der Waals surface area (Å²) in [7, 11) is -2.52. The zero-order valence-electron chi connectivity index (χ0n) is 22.9. The highest BCUT2D eigenvalue weighted by Crippen LogP contribution is 2.32. The minimum absolute atomic E-state index is 0.0351. The molecule has 3 aromatic carbocycles. The van der Waals surface area contributed by atoms with Crippen LogP contribution in [0.25, 0.3) is 0 Å². The zero-order valence-corrected chi connectivity index (χ0v) is 23.7. The van der Waals surface area contributed by atoms with Gasteiger partial charge in [0.2, 0.25) is 0 Å². The zero-order chi connectivity index (χ0) is 28.0. The summed E-state index contributed by atoms with van der Waals surface area (Å²) < 4.78 is 61.6. The lowest BCUT2D eigenvalue weighted by molar-refractivity contribution is 0.0505. The van der Waals surface area contributed by atoms with E-state index in [0.29, 0.717) is 49.3 Å². The Hall–Kier alpha value is -3.14. The third-order valence-corrected chi connectivity index (χ3v) is 9.29. The fourth-order valence-corrected chi connectivity index (χ4v) is 6.78. The van der Waals surface area contributed by atoms with Crippen molar-refractivity contribution in [3.05, 3.63) is 83.2 Å². The molecule has 7 nitrogen and oxygen atoms in total. The van der Waals surface area contributed by atoms with Gasteiger partial charge in [0.15, 0.2) is 5.82 Å². The maximum atomic E-state index is 15.6. The first-order valence-electron chi connectivity index (χ1n) is 14.0. The molecule has 1 saturated carbocycles. The highest BCUT2D eigenvalue weighted by molar-refractivity contribution is 7.92. The molecule has 0 aromatic heterocycles. The number of benzene rings is 3. The Bertz CT molecular complexity index is 1390. The van der Waals surface area contributed by atoms with Crippen molar-refractivity contribution in [2.45, 2.75) is 62.6 Å². The molecule has 1 fully saturated rings. The molecule has 5 rings (SSSR count). The number of rotatable bonds is 12. The molecule has 9 heteroatoms. The molecule has 0 saturated heterocycles. The van der Waals surface area contributed by atoms with Gasteiger partial charge in [-0.1, -0.05) is 31.0 Å². The SMILES string of the molecule is COc1ccc(CN(c2ccc(OCCCOC3CCCC3)cc2F)S(=O)(=O)c2ccc3c(c2)CCNC3)cc1. The van der Waals surface area contributed by atoms with Crippen LogP contribution < -0.4 is 19.1 Å². The van der Waals surface area contributed by atoms with E-state index < -0.39 is 15.8 Å². The van der Waals surface area contributed by atoms with Gasteiger partial charge in [-0.15, -0.1) is 0 Å². The normalized spacial score (nSPS) is 15.6. The molecular weight excluding hydrogens is 531 g/mol. The van der Waals surface area contributed by atoms with Crippen molar-refractivity contribution in [1.29, 1.82) is 0 Å². The predicted molar refractivity (Wildman–Crippen MR) is 153 cm³/mol. The van der Waals surface area contributed by atoms with E-state index in [-0.39, 0.29) is 17.1 Å². The van der Waals surface area contributed by atoms with Crippen molar-refractivity contribution in [2.75, 3.05) is 31.2 Å². The van der Waals surface area contributed by atoms with E-state index in [4.69, 9.17) is 14.2 Å². The molecule has 1 heterocycles. The first-order chi connectivity index (χ1) is 19.4. The Balaban J connectivity index is 1.36. The first-order valence-corrected chi connectivity index (χ1v) is 15.4. The number of sulfonamides is 1. The Morgan fingerprint density at radius 3 is 2.48 bits per heavy atom. The van der Waals surface area contributed by atoms with Crippen molar-refractivity contribution in [2.24, 2.45) is 0 Å². The number of nitrogens with zero attached hydrogens (tertiary/aromatic N) is 1. The van der Waals surface area contributed by atoms with Crippen LogP contribution in [-0.2, 0) is 34.3 Å². The van der Waals surface area contributed by atoms with E-state index in [1.54, 1.807) is 49.6 Å². The van der Waals surface area contributed by atoms with Crippen molar-refractivity contribution >= 4 is 15.7 Å². The van der Waals surface area contributed by atoms with Crippen LogP contribution in [-0.4, -0.2) is 41.4 Å². The average Bonchev–Trinajstić information content (AvgIpc) is 3.50. The summed E-state index contributed by atoms with van der Waals surface area (Å²) in [4.78, 5) is 0.142. The lowest BCUT2D eigenvalue weighted by atomic mass is 10.0. The van der Waals surface area contributed by atoms with Gasteiger partial charge in [0.25, 0.3) is 10.0 Å². The molecule has 0 spiro atoms. The van der Waals surface area contributed by atoms with Crippen LogP contribution in [0.15, 0.2) is 65.6 Å². The van der Waals surface area contributed by atoms with Crippen molar-refractivity contribution in [1.82, 2.24) is 5.32 Å². The smallest absolute Gasteiger partial charge is 0.264 e. The molecule has 0 bridgehead atoms. The third kappa shape index (κ3) is 6.77. The monoisotopic (exact) mass is 568 g/mol. The summed E-state index contributed by atoms with van der Waals surface area (Å²) in [6.45, 7) is 2.45. The number of anilines is 1. The topological polar surface area (TPSA) is 77.1 Å². The van der Waals surface area contributed by atoms with Crippen LogP contribution in [0.4, 0.5) is 10.1 Å². The Labute approximate surface area is 236 Å². The number of fused-ring (bicyclic) bond motifs is 1. The van der Waals surface area contributed by atoms with Gasteiger partial charge in [0.05, 0.1) is 43.6 Å². The molecule has 0 unspecified atom stereocenters. The lowest BCUT2D eigenvalue weighted by Gasteiger charge is -2.26. The number of ether oxygens (including phenoxy) is 3. The van der Waals surface area contributed by atoms with Crippen LogP contribution in [0.2, 0.25) is 0 Å². The second-order valence-corrected chi connectivity index (χ2v) is 12.2. The van der Waals surface area contributed by atoms with E-state index in [1.807, 2.05) is 6.07 Å². The number of hydrogen-bond donors (Lipinski definition) is 1. The number of halogens is 1. The standard InChI is InChI=1S/C31H37FN2O5S/c1-37-26-10-7-23(8-11-26)22-34(40(35,36)29-13-9-25-21-33-16-15-24(25)19-29)31-14-12-28(20-30(31)32)39-18-4-17-38-27-5-2-3-6-27/h7-14,19-20,27,33H,2-6,15-18,21-22H2,1H3. The predicted octanol–water partition coefficient (Wildman–Crippen LogP) is 5.60. The first kappa shape index (κ1) is 28.4. The summed E-state index contributed by atoms with van der Waals surface area (Å²) in [6.07, 6.45) is 6.47. The van der Waals surface area contributed by atoms with Gasteiger partial charge >= 0.3 is 0 Å². The van der Waals surface area contributed by atoms with Gasteiger partial charge in [0.1, 0.15) is 11.5 Å². The van der Waals surface area contributed by atoms with E-state index in [2.05, 4.69) is 5.32 Å². The second-order valence-electron chi connectivity index (χ2n) is 10.3. The van der Waals surface area contributed by atoms with Crippen molar-refractivity contribution in [3.8, 4) is 11.5 Å². The van der Waals surface area contributed by atoms with Gasteiger partial charge in [-0.05, 0) is 78.9 Å². The summed E-state index contributed by atoms with van der Waals surface area (Å²) in [5, 5.41) is 3.30. The van der Waals surface area contributed by atoms with Crippen LogP contribution in [0.5, 0.6) is 11.5 Å². The van der Waals surface area contributed by atoms with Gasteiger partial charge in [-0.2, -0.15) is 0 Å². The molecule has 1 N–H and O–H groups in total. The van der Waals surface area contributed by atoms with Gasteiger partial charge in [-0.25, -0.2) is 12.8 Å². The Morgan fingerprint density at radius 2 is 1.73 bits per heavy atom. The molecule has 214 valence electrons. The number of methoxy groups -OCH3 is 1. The molecule has 3 aromatic rings. The maximum Gasteiger partial charge on any atom is 0.264 e. The lowest BCUT2D eigenvalue weighted by Crippen LogP contribution is -2.32. The van der Waals surface area contributed by atoms with E-state index in [0.717, 1.165) is 41.2 Å². The fraction of sp³-hybridized carbons (Fsp3) is 0.419. The minimum atomic E-state index is -4.09. The number of nitrogens with one attached hydrogen (secondary N) is 1. The summed E-state index contributed by atoms with van der Waals surface area (Å²) in [6, 6.07) is 16.6. The van der Waals surface area contributed by atoms with E-state index >= 15 is 4.39 Å². The number of hydrogen-bond acceptors (Lipinski definition) is 6. The summed E-state index contributed by atoms with van der Waals surface area (Å²) in [5.74, 6) is 0.340. The minimum Gasteiger partial charge on any atom is -0.497 e. The van der Waals surface area contributed by atoms with Crippen LogP contribution in [0.1, 0.15) is 48.8 Å². The van der Waals surface area contributed by atoms with E-state index in [1.165, 1.54) is 25.0 Å². The highest BCUT2D eigenvalue weighted by Gasteiger charge is 2.29. The maximum absolute atomic E-state index is 15.6. The molecule has 0 amide bonds. The molecular formula is C31H37FN2O5S. The van der Waals surface area contributed by atoms with Crippen LogP contribution >= 0.6 is 0 Å². The third-order valence-electron chi connectivity index (χ3n) is 7.54. The van der Waals surface area contributed by atoms with Crippen LogP contribution in [0, 0.1) is 5.82 Å². The molecule has 2 aliphatic rings. The molecule has 1 aliphatic carbocycles. The van der Waals surface area contributed by atoms with Crippen molar-refractivity contribution in [3.63, 3.8) is 0 Å². The molecule has 0 radical (unpaired) electrons. The average molecular weight is 569 g/mol. The summed E-state index contributed by atoms with van der Waals surface area (Å²) >= 11 is 0. The second kappa shape index (κ2) is 13.0. The Morgan fingerprint density at radius 1 is 0.950 bits per heavy atom. The van der Waals surface area contributed by atoms with Gasteiger partial charge in [0, 0.05) is 19.0 Å². The molecule has 0 atom stereocenters. The fourth-order valence-electron chi connectivity index (χ4n) is 5.27.